The molecule has 0 saturated heterocycles. The molecule has 0 fully saturated rings. The standard InChI is InChI=1S/C16H21NO2/c1-2-3-4-8-15-13(10-11-17)16(18)12-7-5-6-9-14(12)19-15/h5-7,9,13,15-16,18H,2-4,8,10H2,1H3/t13-,15-,16+/m0/s1. The summed E-state index contributed by atoms with van der Waals surface area (Å²) in [4.78, 5) is 0. The first-order chi connectivity index (χ1) is 9.27. The third-order valence-electron chi connectivity index (χ3n) is 3.82. The highest BCUT2D eigenvalue weighted by molar-refractivity contribution is 5.37. The second kappa shape index (κ2) is 6.58. The van der Waals surface area contributed by atoms with Crippen LogP contribution in [0, 0.1) is 17.2 Å². The van der Waals surface area contributed by atoms with Crippen LogP contribution in [0.3, 0.4) is 0 Å². The lowest BCUT2D eigenvalue weighted by Gasteiger charge is -2.36. The van der Waals surface area contributed by atoms with Gasteiger partial charge in [0.15, 0.2) is 0 Å². The first kappa shape index (κ1) is 13.9. The van der Waals surface area contributed by atoms with E-state index >= 15 is 0 Å². The quantitative estimate of drug-likeness (QED) is 0.822. The van der Waals surface area contributed by atoms with Crippen LogP contribution in [0.15, 0.2) is 24.3 Å². The Morgan fingerprint density at radius 1 is 1.32 bits per heavy atom. The highest BCUT2D eigenvalue weighted by Gasteiger charge is 2.36. The van der Waals surface area contributed by atoms with E-state index in [1.165, 1.54) is 0 Å². The van der Waals surface area contributed by atoms with Crippen molar-refractivity contribution >= 4 is 0 Å². The van der Waals surface area contributed by atoms with Crippen LogP contribution in [0.4, 0.5) is 0 Å². The third-order valence-corrected chi connectivity index (χ3v) is 3.82. The fourth-order valence-electron chi connectivity index (χ4n) is 2.73. The number of rotatable bonds is 5. The van der Waals surface area contributed by atoms with Crippen molar-refractivity contribution in [1.29, 1.82) is 5.26 Å². The number of aliphatic hydroxyl groups excluding tert-OH is 1. The summed E-state index contributed by atoms with van der Waals surface area (Å²) >= 11 is 0. The van der Waals surface area contributed by atoms with E-state index in [-0.39, 0.29) is 12.0 Å². The molecule has 3 heteroatoms. The number of aliphatic hydroxyl groups is 1. The molecule has 1 N–H and O–H groups in total. The van der Waals surface area contributed by atoms with Crippen LogP contribution in [-0.2, 0) is 0 Å². The topological polar surface area (TPSA) is 53.2 Å². The van der Waals surface area contributed by atoms with Crippen molar-refractivity contribution < 1.29 is 9.84 Å². The predicted octanol–water partition coefficient (Wildman–Crippen LogP) is 3.59. The van der Waals surface area contributed by atoms with E-state index in [0.717, 1.165) is 37.0 Å². The van der Waals surface area contributed by atoms with Crippen LogP contribution < -0.4 is 4.74 Å². The van der Waals surface area contributed by atoms with Gasteiger partial charge in [-0.2, -0.15) is 5.26 Å². The highest BCUT2D eigenvalue weighted by atomic mass is 16.5. The van der Waals surface area contributed by atoms with Crippen molar-refractivity contribution in [2.75, 3.05) is 0 Å². The molecule has 0 spiro atoms. The van der Waals surface area contributed by atoms with E-state index in [0.29, 0.717) is 6.42 Å². The number of unbranched alkanes of at least 4 members (excludes halogenated alkanes) is 2. The van der Waals surface area contributed by atoms with Gasteiger partial charge in [0.25, 0.3) is 0 Å². The Morgan fingerprint density at radius 3 is 2.84 bits per heavy atom. The number of nitrogens with zero attached hydrogens (tertiary/aromatic N) is 1. The zero-order chi connectivity index (χ0) is 13.7. The van der Waals surface area contributed by atoms with Crippen LogP contribution >= 0.6 is 0 Å². The monoisotopic (exact) mass is 259 g/mol. The van der Waals surface area contributed by atoms with E-state index < -0.39 is 6.10 Å². The summed E-state index contributed by atoms with van der Waals surface area (Å²) in [6.07, 6.45) is 4.02. The molecule has 3 atom stereocenters. The SMILES string of the molecule is CCCCC[C@@H]1Oc2ccccc2[C@@H](O)[C@H]1CC#N. The molecule has 0 saturated carbocycles. The fourth-order valence-corrected chi connectivity index (χ4v) is 2.73. The minimum Gasteiger partial charge on any atom is -0.490 e. The molecule has 1 heterocycles. The molecule has 0 bridgehead atoms. The number of para-hydroxylation sites is 1. The number of hydrogen-bond acceptors (Lipinski definition) is 3. The average molecular weight is 259 g/mol. The van der Waals surface area contributed by atoms with Crippen molar-refractivity contribution in [2.24, 2.45) is 5.92 Å². The summed E-state index contributed by atoms with van der Waals surface area (Å²) in [6, 6.07) is 9.77. The number of ether oxygens (including phenoxy) is 1. The molecule has 0 radical (unpaired) electrons. The predicted molar refractivity (Wildman–Crippen MR) is 73.7 cm³/mol. The molecule has 1 aromatic carbocycles. The molecule has 102 valence electrons. The van der Waals surface area contributed by atoms with Crippen molar-refractivity contribution in [3.63, 3.8) is 0 Å². The van der Waals surface area contributed by atoms with Gasteiger partial charge in [-0.15, -0.1) is 0 Å². The van der Waals surface area contributed by atoms with Crippen LogP contribution in [-0.4, -0.2) is 11.2 Å². The Bertz CT molecular complexity index is 452. The maximum absolute atomic E-state index is 10.4. The van der Waals surface area contributed by atoms with E-state index in [4.69, 9.17) is 10.00 Å². The summed E-state index contributed by atoms with van der Waals surface area (Å²) in [6.45, 7) is 2.17. The maximum Gasteiger partial charge on any atom is 0.125 e. The van der Waals surface area contributed by atoms with Gasteiger partial charge in [-0.25, -0.2) is 0 Å². The highest BCUT2D eigenvalue weighted by Crippen LogP contribution is 2.41. The van der Waals surface area contributed by atoms with Gasteiger partial charge in [-0.1, -0.05) is 38.0 Å². The van der Waals surface area contributed by atoms with E-state index in [9.17, 15) is 5.11 Å². The summed E-state index contributed by atoms with van der Waals surface area (Å²) in [5, 5.41) is 19.4. The van der Waals surface area contributed by atoms with Gasteiger partial charge in [0.2, 0.25) is 0 Å². The van der Waals surface area contributed by atoms with Crippen LogP contribution in [0.5, 0.6) is 5.75 Å². The summed E-state index contributed by atoms with van der Waals surface area (Å²) in [5.41, 5.74) is 0.814. The molecule has 0 aromatic heterocycles. The minimum atomic E-state index is -0.587. The number of hydrogen-bond donors (Lipinski definition) is 1. The van der Waals surface area contributed by atoms with Gasteiger partial charge in [-0.3, -0.25) is 0 Å². The van der Waals surface area contributed by atoms with Gasteiger partial charge in [0.05, 0.1) is 12.2 Å². The molecule has 1 aliphatic rings. The second-order valence-corrected chi connectivity index (χ2v) is 5.16. The van der Waals surface area contributed by atoms with E-state index in [1.807, 2.05) is 24.3 Å². The molecular weight excluding hydrogens is 238 g/mol. The Morgan fingerprint density at radius 2 is 2.11 bits per heavy atom. The second-order valence-electron chi connectivity index (χ2n) is 5.16. The van der Waals surface area contributed by atoms with Gasteiger partial charge in [-0.05, 0) is 18.9 Å². The van der Waals surface area contributed by atoms with Crippen LogP contribution in [0.2, 0.25) is 0 Å². The Hall–Kier alpha value is -1.53. The molecule has 19 heavy (non-hydrogen) atoms. The van der Waals surface area contributed by atoms with Crippen LogP contribution in [0.1, 0.15) is 50.7 Å². The normalized spacial score (nSPS) is 25.2. The van der Waals surface area contributed by atoms with Crippen molar-refractivity contribution in [2.45, 2.75) is 51.2 Å². The Kier molecular flexibility index (Phi) is 4.81. The zero-order valence-corrected chi connectivity index (χ0v) is 11.4. The lowest BCUT2D eigenvalue weighted by Crippen LogP contribution is -2.36. The fraction of sp³-hybridized carbons (Fsp3) is 0.562. The van der Waals surface area contributed by atoms with Crippen molar-refractivity contribution in [1.82, 2.24) is 0 Å². The van der Waals surface area contributed by atoms with Crippen molar-refractivity contribution in [3.05, 3.63) is 29.8 Å². The molecular formula is C16H21NO2. The number of benzene rings is 1. The Labute approximate surface area is 114 Å². The Balaban J connectivity index is 2.16. The van der Waals surface area contributed by atoms with Gasteiger partial charge in [0.1, 0.15) is 11.9 Å². The largest absolute Gasteiger partial charge is 0.490 e. The first-order valence-corrected chi connectivity index (χ1v) is 7.08. The first-order valence-electron chi connectivity index (χ1n) is 7.08. The summed E-state index contributed by atoms with van der Waals surface area (Å²) in [5.74, 6) is 0.655. The third kappa shape index (κ3) is 3.08. The minimum absolute atomic E-state index is 0.0453. The van der Waals surface area contributed by atoms with E-state index in [2.05, 4.69) is 13.0 Å². The lowest BCUT2D eigenvalue weighted by atomic mass is 9.83. The van der Waals surface area contributed by atoms with Gasteiger partial charge < -0.3 is 9.84 Å². The number of fused-ring (bicyclic) bond motifs is 1. The summed E-state index contributed by atoms with van der Waals surface area (Å²) in [7, 11) is 0. The number of nitriles is 1. The van der Waals surface area contributed by atoms with Gasteiger partial charge >= 0.3 is 0 Å². The molecule has 1 aromatic rings. The van der Waals surface area contributed by atoms with Crippen LogP contribution in [0.25, 0.3) is 0 Å². The smallest absolute Gasteiger partial charge is 0.125 e. The molecule has 3 nitrogen and oxygen atoms in total. The average Bonchev–Trinajstić information content (AvgIpc) is 2.43. The van der Waals surface area contributed by atoms with Gasteiger partial charge in [0, 0.05) is 17.9 Å². The van der Waals surface area contributed by atoms with E-state index in [1.54, 1.807) is 0 Å². The molecule has 2 rings (SSSR count). The van der Waals surface area contributed by atoms with Crippen molar-refractivity contribution in [3.8, 4) is 11.8 Å². The molecule has 0 unspecified atom stereocenters. The molecule has 0 aliphatic carbocycles. The molecule has 0 amide bonds. The molecule has 1 aliphatic heterocycles. The lowest BCUT2D eigenvalue weighted by molar-refractivity contribution is -0.00295. The maximum atomic E-state index is 10.4. The zero-order valence-electron chi connectivity index (χ0n) is 11.4. The summed E-state index contributed by atoms with van der Waals surface area (Å²) < 4.78 is 6.00.